The van der Waals surface area contributed by atoms with Crippen molar-refractivity contribution in [2.24, 2.45) is 0 Å². The van der Waals surface area contributed by atoms with E-state index in [0.717, 1.165) is 6.07 Å². The zero-order chi connectivity index (χ0) is 14.7. The topological polar surface area (TPSA) is 67.9 Å². The first-order chi connectivity index (χ1) is 9.45. The van der Waals surface area contributed by atoms with Crippen molar-refractivity contribution < 1.29 is 8.78 Å². The minimum atomic E-state index is -0.607. The van der Waals surface area contributed by atoms with Crippen molar-refractivity contribution in [3.05, 3.63) is 35.7 Å². The van der Waals surface area contributed by atoms with Crippen LogP contribution in [0.2, 0.25) is 0 Å². The predicted octanol–water partition coefficient (Wildman–Crippen LogP) is 2.09. The quantitative estimate of drug-likeness (QED) is 0.872. The van der Waals surface area contributed by atoms with Crippen molar-refractivity contribution in [2.75, 3.05) is 24.7 Å². The Labute approximate surface area is 119 Å². The highest BCUT2D eigenvalue weighted by Crippen LogP contribution is 2.25. The molecule has 20 heavy (non-hydrogen) atoms. The first-order valence-corrected chi connectivity index (χ1v) is 6.70. The van der Waals surface area contributed by atoms with E-state index < -0.39 is 11.6 Å². The molecule has 0 aliphatic rings. The molecule has 0 radical (unpaired) electrons. The molecule has 0 atom stereocenters. The number of nitrogen functional groups attached to an aromatic ring is 1. The average molecular weight is 297 g/mol. The number of halogens is 2. The SMILES string of the molecule is CN(C)c1nc(N)nc(CSc2ccc(F)cc2F)n1. The Kier molecular flexibility index (Phi) is 4.33. The van der Waals surface area contributed by atoms with Gasteiger partial charge in [0, 0.05) is 25.1 Å². The number of thioether (sulfide) groups is 1. The summed E-state index contributed by atoms with van der Waals surface area (Å²) < 4.78 is 26.3. The van der Waals surface area contributed by atoms with Crippen LogP contribution >= 0.6 is 11.8 Å². The van der Waals surface area contributed by atoms with Gasteiger partial charge in [-0.3, -0.25) is 0 Å². The van der Waals surface area contributed by atoms with E-state index in [9.17, 15) is 8.78 Å². The summed E-state index contributed by atoms with van der Waals surface area (Å²) in [6.07, 6.45) is 0. The number of rotatable bonds is 4. The van der Waals surface area contributed by atoms with Crippen LogP contribution in [0, 0.1) is 11.6 Å². The second-order valence-electron chi connectivity index (χ2n) is 4.17. The van der Waals surface area contributed by atoms with Gasteiger partial charge in [0.15, 0.2) is 0 Å². The normalized spacial score (nSPS) is 10.6. The van der Waals surface area contributed by atoms with Crippen LogP contribution in [0.25, 0.3) is 0 Å². The van der Waals surface area contributed by atoms with Gasteiger partial charge in [0.1, 0.15) is 17.5 Å². The maximum absolute atomic E-state index is 13.5. The van der Waals surface area contributed by atoms with Crippen LogP contribution in [0.15, 0.2) is 23.1 Å². The van der Waals surface area contributed by atoms with Gasteiger partial charge in [-0.15, -0.1) is 11.8 Å². The van der Waals surface area contributed by atoms with Crippen LogP contribution in [-0.4, -0.2) is 29.0 Å². The molecular weight excluding hydrogens is 284 g/mol. The molecule has 0 saturated heterocycles. The van der Waals surface area contributed by atoms with Crippen LogP contribution in [-0.2, 0) is 5.75 Å². The number of aromatic nitrogens is 3. The zero-order valence-corrected chi connectivity index (χ0v) is 11.8. The molecule has 1 heterocycles. The summed E-state index contributed by atoms with van der Waals surface area (Å²) >= 11 is 1.17. The highest BCUT2D eigenvalue weighted by Gasteiger charge is 2.09. The fraction of sp³-hybridized carbons (Fsp3) is 0.250. The van der Waals surface area contributed by atoms with Gasteiger partial charge in [0.25, 0.3) is 0 Å². The van der Waals surface area contributed by atoms with E-state index in [-0.39, 0.29) is 5.95 Å². The average Bonchev–Trinajstić information content (AvgIpc) is 2.37. The number of hydrogen-bond donors (Lipinski definition) is 1. The zero-order valence-electron chi connectivity index (χ0n) is 11.0. The standard InChI is InChI=1S/C12H13F2N5S/c1-19(2)12-17-10(16-11(15)18-12)6-20-9-4-3-7(13)5-8(9)14/h3-5H,6H2,1-2H3,(H2,15,16,17,18). The maximum Gasteiger partial charge on any atom is 0.229 e. The van der Waals surface area contributed by atoms with Gasteiger partial charge in [0.2, 0.25) is 11.9 Å². The lowest BCUT2D eigenvalue weighted by Crippen LogP contribution is -2.15. The van der Waals surface area contributed by atoms with Crippen molar-refractivity contribution in [3.8, 4) is 0 Å². The van der Waals surface area contributed by atoms with Crippen LogP contribution in [0.4, 0.5) is 20.7 Å². The highest BCUT2D eigenvalue weighted by molar-refractivity contribution is 7.98. The fourth-order valence-electron chi connectivity index (χ4n) is 1.42. The monoisotopic (exact) mass is 297 g/mol. The van der Waals surface area contributed by atoms with Gasteiger partial charge in [0.05, 0.1) is 5.75 Å². The third-order valence-corrected chi connectivity index (χ3v) is 3.38. The molecule has 8 heteroatoms. The molecule has 0 bridgehead atoms. The Hall–Kier alpha value is -1.96. The molecule has 1 aromatic heterocycles. The van der Waals surface area contributed by atoms with Gasteiger partial charge in [-0.2, -0.15) is 15.0 Å². The summed E-state index contributed by atoms with van der Waals surface area (Å²) in [7, 11) is 3.57. The molecule has 2 aromatic rings. The summed E-state index contributed by atoms with van der Waals surface area (Å²) in [5, 5.41) is 0. The molecule has 0 saturated carbocycles. The van der Waals surface area contributed by atoms with E-state index in [1.807, 2.05) is 0 Å². The third kappa shape index (κ3) is 3.53. The lowest BCUT2D eigenvalue weighted by Gasteiger charge is -2.11. The van der Waals surface area contributed by atoms with Crippen LogP contribution < -0.4 is 10.6 Å². The van der Waals surface area contributed by atoms with E-state index in [1.165, 1.54) is 23.9 Å². The van der Waals surface area contributed by atoms with E-state index in [1.54, 1.807) is 19.0 Å². The highest BCUT2D eigenvalue weighted by atomic mass is 32.2. The molecule has 0 amide bonds. The lowest BCUT2D eigenvalue weighted by atomic mass is 10.3. The molecule has 5 nitrogen and oxygen atoms in total. The van der Waals surface area contributed by atoms with E-state index >= 15 is 0 Å². The van der Waals surface area contributed by atoms with Gasteiger partial charge in [-0.05, 0) is 12.1 Å². The second-order valence-corrected chi connectivity index (χ2v) is 5.18. The molecule has 106 valence electrons. The molecule has 2 N–H and O–H groups in total. The maximum atomic E-state index is 13.5. The third-order valence-electron chi connectivity index (χ3n) is 2.34. The van der Waals surface area contributed by atoms with Crippen molar-refractivity contribution in [1.82, 2.24) is 15.0 Å². The van der Waals surface area contributed by atoms with Crippen molar-refractivity contribution in [1.29, 1.82) is 0 Å². The molecule has 0 spiro atoms. The van der Waals surface area contributed by atoms with E-state index in [0.29, 0.717) is 22.4 Å². The largest absolute Gasteiger partial charge is 0.368 e. The summed E-state index contributed by atoms with van der Waals surface area (Å²) in [4.78, 5) is 14.2. The Morgan fingerprint density at radius 1 is 1.20 bits per heavy atom. The smallest absolute Gasteiger partial charge is 0.229 e. The molecule has 0 aliphatic heterocycles. The second kappa shape index (κ2) is 6.00. The Balaban J connectivity index is 2.14. The first-order valence-electron chi connectivity index (χ1n) is 5.71. The summed E-state index contributed by atoms with van der Waals surface area (Å²) in [5.41, 5.74) is 5.59. The van der Waals surface area contributed by atoms with Crippen LogP contribution in [0.1, 0.15) is 5.82 Å². The number of hydrogen-bond acceptors (Lipinski definition) is 6. The van der Waals surface area contributed by atoms with Crippen molar-refractivity contribution in [3.63, 3.8) is 0 Å². The minimum Gasteiger partial charge on any atom is -0.368 e. The Morgan fingerprint density at radius 3 is 2.60 bits per heavy atom. The lowest BCUT2D eigenvalue weighted by molar-refractivity contribution is 0.565. The van der Waals surface area contributed by atoms with E-state index in [2.05, 4.69) is 15.0 Å². The predicted molar refractivity (Wildman–Crippen MR) is 74.5 cm³/mol. The van der Waals surface area contributed by atoms with Gasteiger partial charge in [-0.1, -0.05) is 0 Å². The molecule has 0 unspecified atom stereocenters. The molecular formula is C12H13F2N5S. The summed E-state index contributed by atoms with van der Waals surface area (Å²) in [6, 6.07) is 3.43. The fourth-order valence-corrected chi connectivity index (χ4v) is 2.20. The molecule has 0 aliphatic carbocycles. The first kappa shape index (κ1) is 14.4. The Morgan fingerprint density at radius 2 is 1.95 bits per heavy atom. The number of nitrogens with zero attached hydrogens (tertiary/aromatic N) is 4. The van der Waals surface area contributed by atoms with Crippen LogP contribution in [0.3, 0.4) is 0 Å². The summed E-state index contributed by atoms with van der Waals surface area (Å²) in [6.45, 7) is 0. The van der Waals surface area contributed by atoms with E-state index in [4.69, 9.17) is 5.73 Å². The number of benzene rings is 1. The minimum absolute atomic E-state index is 0.110. The molecule has 0 fully saturated rings. The van der Waals surface area contributed by atoms with Crippen molar-refractivity contribution in [2.45, 2.75) is 10.6 Å². The van der Waals surface area contributed by atoms with Gasteiger partial charge < -0.3 is 10.6 Å². The summed E-state index contributed by atoms with van der Waals surface area (Å²) in [5.74, 6) is 0.0910. The van der Waals surface area contributed by atoms with Crippen LogP contribution in [0.5, 0.6) is 0 Å². The number of nitrogens with two attached hydrogens (primary N) is 1. The number of anilines is 2. The molecule has 1 aromatic carbocycles. The van der Waals surface area contributed by atoms with Crippen molar-refractivity contribution >= 4 is 23.7 Å². The van der Waals surface area contributed by atoms with Gasteiger partial charge >= 0.3 is 0 Å². The Bertz CT molecular complexity index is 621. The molecule has 2 rings (SSSR count). The van der Waals surface area contributed by atoms with Gasteiger partial charge in [-0.25, -0.2) is 8.78 Å².